The Morgan fingerprint density at radius 2 is 1.92 bits per heavy atom. The number of benzene rings is 1. The molecule has 1 aliphatic heterocycles. The average Bonchev–Trinajstić information content (AvgIpc) is 2.59. The van der Waals surface area contributed by atoms with Crippen LogP contribution in [0.1, 0.15) is 6.42 Å². The number of rotatable bonds is 6. The molecule has 0 bridgehead atoms. The molecule has 1 amide bonds. The monoisotopic (exact) mass is 377 g/mol. The highest BCUT2D eigenvalue weighted by Crippen LogP contribution is 2.21. The molecule has 140 valence electrons. The van der Waals surface area contributed by atoms with Crippen LogP contribution >= 0.6 is 0 Å². The summed E-state index contributed by atoms with van der Waals surface area (Å²) in [7, 11) is -2.62. The summed E-state index contributed by atoms with van der Waals surface area (Å²) in [5, 5.41) is 0. The Morgan fingerprint density at radius 3 is 2.44 bits per heavy atom. The molecule has 1 unspecified atom stereocenters. The Kier molecular flexibility index (Phi) is 6.44. The highest BCUT2D eigenvalue weighted by Gasteiger charge is 2.32. The minimum Gasteiger partial charge on any atom is -0.380 e. The SMILES string of the molecule is COC(CN)CC(=O)N1CCN(S(=O)(=O)c2ccc(F)cc2F)CC1. The molecule has 10 heteroatoms. The van der Waals surface area contributed by atoms with E-state index in [-0.39, 0.29) is 51.2 Å². The van der Waals surface area contributed by atoms with Gasteiger partial charge in [0.25, 0.3) is 0 Å². The highest BCUT2D eigenvalue weighted by atomic mass is 32.2. The first kappa shape index (κ1) is 19.7. The van der Waals surface area contributed by atoms with Gasteiger partial charge in [0, 0.05) is 45.9 Å². The smallest absolute Gasteiger partial charge is 0.246 e. The number of carbonyl (C=O) groups excluding carboxylic acids is 1. The van der Waals surface area contributed by atoms with Crippen molar-refractivity contribution in [1.29, 1.82) is 0 Å². The maximum absolute atomic E-state index is 13.8. The quantitative estimate of drug-likeness (QED) is 0.762. The van der Waals surface area contributed by atoms with Crippen LogP contribution in [0.5, 0.6) is 0 Å². The lowest BCUT2D eigenvalue weighted by Gasteiger charge is -2.34. The van der Waals surface area contributed by atoms with Gasteiger partial charge in [-0.05, 0) is 12.1 Å². The predicted molar refractivity (Wildman–Crippen MR) is 86.2 cm³/mol. The normalized spacial score (nSPS) is 17.5. The molecule has 1 fully saturated rings. The fraction of sp³-hybridized carbons (Fsp3) is 0.533. The van der Waals surface area contributed by atoms with Crippen LogP contribution < -0.4 is 5.73 Å². The van der Waals surface area contributed by atoms with Crippen LogP contribution in [0.2, 0.25) is 0 Å². The number of nitrogens with two attached hydrogens (primary N) is 1. The van der Waals surface area contributed by atoms with Crippen LogP contribution in [0.25, 0.3) is 0 Å². The van der Waals surface area contributed by atoms with Gasteiger partial charge in [-0.1, -0.05) is 0 Å². The first-order valence-electron chi connectivity index (χ1n) is 7.75. The van der Waals surface area contributed by atoms with Gasteiger partial charge in [0.15, 0.2) is 0 Å². The lowest BCUT2D eigenvalue weighted by molar-refractivity contribution is -0.134. The lowest BCUT2D eigenvalue weighted by atomic mass is 10.2. The molecule has 0 radical (unpaired) electrons. The zero-order valence-corrected chi connectivity index (χ0v) is 14.6. The summed E-state index contributed by atoms with van der Waals surface area (Å²) in [6.07, 6.45) is -0.269. The summed E-state index contributed by atoms with van der Waals surface area (Å²) < 4.78 is 57.9. The maximum Gasteiger partial charge on any atom is 0.246 e. The van der Waals surface area contributed by atoms with E-state index in [9.17, 15) is 22.0 Å². The number of piperazine rings is 1. The van der Waals surface area contributed by atoms with Gasteiger partial charge in [-0.15, -0.1) is 0 Å². The molecule has 1 aromatic rings. The Balaban J connectivity index is 2.02. The van der Waals surface area contributed by atoms with Crippen molar-refractivity contribution in [2.75, 3.05) is 39.8 Å². The van der Waals surface area contributed by atoms with Gasteiger partial charge in [0.1, 0.15) is 16.5 Å². The second-order valence-electron chi connectivity index (χ2n) is 5.66. The number of sulfonamides is 1. The Bertz CT molecular complexity index is 717. The fourth-order valence-corrected chi connectivity index (χ4v) is 4.06. The Hall–Kier alpha value is -1.62. The van der Waals surface area contributed by atoms with E-state index in [0.717, 1.165) is 16.4 Å². The maximum atomic E-state index is 13.8. The number of ether oxygens (including phenoxy) is 1. The van der Waals surface area contributed by atoms with E-state index in [2.05, 4.69) is 0 Å². The molecule has 0 aromatic heterocycles. The van der Waals surface area contributed by atoms with Crippen LogP contribution in [0.4, 0.5) is 8.78 Å². The third-order valence-electron chi connectivity index (χ3n) is 4.10. The third kappa shape index (κ3) is 4.51. The second kappa shape index (κ2) is 8.17. The van der Waals surface area contributed by atoms with Crippen LogP contribution in [0, 0.1) is 11.6 Å². The van der Waals surface area contributed by atoms with E-state index in [4.69, 9.17) is 10.5 Å². The summed E-state index contributed by atoms with van der Waals surface area (Å²) in [6.45, 7) is 0.639. The molecule has 1 aromatic carbocycles. The number of halogens is 2. The number of amides is 1. The molecule has 7 nitrogen and oxygen atoms in total. The molecule has 0 saturated carbocycles. The van der Waals surface area contributed by atoms with E-state index < -0.39 is 26.6 Å². The van der Waals surface area contributed by atoms with Crippen molar-refractivity contribution >= 4 is 15.9 Å². The Labute approximate surface area is 145 Å². The standard InChI is InChI=1S/C15H21F2N3O4S/c1-24-12(10-18)9-15(21)19-4-6-20(7-5-19)25(22,23)14-3-2-11(16)8-13(14)17/h2-3,8,12H,4-7,9-10,18H2,1H3. The molecular formula is C15H21F2N3O4S. The summed E-state index contributed by atoms with van der Waals surface area (Å²) >= 11 is 0. The predicted octanol–water partition coefficient (Wildman–Crippen LogP) is 0.162. The van der Waals surface area contributed by atoms with Gasteiger partial charge in [0.2, 0.25) is 15.9 Å². The van der Waals surface area contributed by atoms with Crippen molar-refractivity contribution in [3.63, 3.8) is 0 Å². The summed E-state index contributed by atoms with van der Waals surface area (Å²) in [5.41, 5.74) is 5.48. The van der Waals surface area contributed by atoms with Crippen LogP contribution in [-0.4, -0.2) is 69.5 Å². The average molecular weight is 377 g/mol. The summed E-state index contributed by atoms with van der Waals surface area (Å²) in [4.78, 5) is 13.1. The molecule has 0 aliphatic carbocycles. The van der Waals surface area contributed by atoms with Crippen molar-refractivity contribution in [1.82, 2.24) is 9.21 Å². The summed E-state index contributed by atoms with van der Waals surface area (Å²) in [5.74, 6) is -2.16. The van der Waals surface area contributed by atoms with E-state index in [0.29, 0.717) is 6.07 Å². The molecular weight excluding hydrogens is 356 g/mol. The van der Waals surface area contributed by atoms with Gasteiger partial charge < -0.3 is 15.4 Å². The molecule has 1 aliphatic rings. The van der Waals surface area contributed by atoms with Crippen molar-refractivity contribution in [3.8, 4) is 0 Å². The van der Waals surface area contributed by atoms with Crippen LogP contribution in [0.15, 0.2) is 23.1 Å². The molecule has 2 rings (SSSR count). The van der Waals surface area contributed by atoms with E-state index in [1.807, 2.05) is 0 Å². The van der Waals surface area contributed by atoms with E-state index in [1.165, 1.54) is 12.0 Å². The number of methoxy groups -OCH3 is 1. The fourth-order valence-electron chi connectivity index (χ4n) is 2.59. The lowest BCUT2D eigenvalue weighted by Crippen LogP contribution is -2.51. The molecule has 25 heavy (non-hydrogen) atoms. The first-order valence-corrected chi connectivity index (χ1v) is 9.19. The highest BCUT2D eigenvalue weighted by molar-refractivity contribution is 7.89. The molecule has 1 atom stereocenters. The number of carbonyl (C=O) groups is 1. The van der Waals surface area contributed by atoms with Crippen LogP contribution in [0.3, 0.4) is 0 Å². The zero-order valence-electron chi connectivity index (χ0n) is 13.8. The van der Waals surface area contributed by atoms with E-state index >= 15 is 0 Å². The van der Waals surface area contributed by atoms with Gasteiger partial charge >= 0.3 is 0 Å². The topological polar surface area (TPSA) is 92.9 Å². The first-order chi connectivity index (χ1) is 11.8. The number of hydrogen-bond donors (Lipinski definition) is 1. The number of hydrogen-bond acceptors (Lipinski definition) is 5. The van der Waals surface area contributed by atoms with Gasteiger partial charge in [-0.2, -0.15) is 4.31 Å². The zero-order chi connectivity index (χ0) is 18.6. The van der Waals surface area contributed by atoms with E-state index in [1.54, 1.807) is 0 Å². The van der Waals surface area contributed by atoms with Crippen molar-refractivity contribution in [2.45, 2.75) is 17.4 Å². The molecule has 1 saturated heterocycles. The Morgan fingerprint density at radius 1 is 1.28 bits per heavy atom. The third-order valence-corrected chi connectivity index (χ3v) is 6.03. The minimum atomic E-state index is -4.08. The minimum absolute atomic E-state index is 0.0329. The molecule has 0 spiro atoms. The van der Waals surface area contributed by atoms with Crippen molar-refractivity contribution < 1.29 is 26.7 Å². The largest absolute Gasteiger partial charge is 0.380 e. The van der Waals surface area contributed by atoms with Gasteiger partial charge in [-0.3, -0.25) is 4.79 Å². The van der Waals surface area contributed by atoms with Crippen LogP contribution in [-0.2, 0) is 19.6 Å². The van der Waals surface area contributed by atoms with Crippen molar-refractivity contribution in [3.05, 3.63) is 29.8 Å². The summed E-state index contributed by atoms with van der Waals surface area (Å²) in [6, 6.07) is 2.33. The number of nitrogens with zero attached hydrogens (tertiary/aromatic N) is 2. The van der Waals surface area contributed by atoms with Gasteiger partial charge in [-0.25, -0.2) is 17.2 Å². The second-order valence-corrected chi connectivity index (χ2v) is 7.56. The molecule has 2 N–H and O–H groups in total. The van der Waals surface area contributed by atoms with Crippen molar-refractivity contribution in [2.24, 2.45) is 5.73 Å². The molecule has 1 heterocycles. The van der Waals surface area contributed by atoms with Gasteiger partial charge in [0.05, 0.1) is 12.5 Å².